The SMILES string of the molecule is Cc1cc(C)nc(NS(=O)(=O)c2ccc(N)cc2)n1.Nc1ccc(S(=O)(=O)Nc2ccccn2)cc1. The topological polar surface area (TPSA) is 183 Å². The van der Waals surface area contributed by atoms with E-state index >= 15 is 0 Å². The Morgan fingerprint density at radius 1 is 0.667 bits per heavy atom. The average Bonchev–Trinajstić information content (AvgIpc) is 2.79. The van der Waals surface area contributed by atoms with Gasteiger partial charge in [-0.3, -0.25) is 4.72 Å². The smallest absolute Gasteiger partial charge is 0.264 e. The summed E-state index contributed by atoms with van der Waals surface area (Å²) < 4.78 is 52.8. The van der Waals surface area contributed by atoms with Crippen LogP contribution in [0.5, 0.6) is 0 Å². The second-order valence-corrected chi connectivity index (χ2v) is 10.9. The van der Waals surface area contributed by atoms with Gasteiger partial charge in [-0.25, -0.2) is 36.5 Å². The van der Waals surface area contributed by atoms with Gasteiger partial charge in [0.2, 0.25) is 5.95 Å². The van der Waals surface area contributed by atoms with Crippen LogP contribution in [0.15, 0.2) is 88.8 Å². The highest BCUT2D eigenvalue weighted by atomic mass is 32.2. The molecule has 0 aliphatic heterocycles. The summed E-state index contributed by atoms with van der Waals surface area (Å²) in [6, 6.07) is 18.6. The Balaban J connectivity index is 0.000000202. The lowest BCUT2D eigenvalue weighted by Crippen LogP contribution is -2.15. The van der Waals surface area contributed by atoms with E-state index in [0.717, 1.165) is 0 Å². The van der Waals surface area contributed by atoms with Crippen molar-refractivity contribution in [1.82, 2.24) is 15.0 Å². The van der Waals surface area contributed by atoms with Crippen LogP contribution in [0.1, 0.15) is 11.4 Å². The molecule has 0 unspecified atom stereocenters. The maximum absolute atomic E-state index is 12.1. The van der Waals surface area contributed by atoms with Gasteiger partial charge in [0.25, 0.3) is 20.0 Å². The van der Waals surface area contributed by atoms with E-state index in [-0.39, 0.29) is 21.6 Å². The minimum absolute atomic E-state index is 0.0642. The highest BCUT2D eigenvalue weighted by Gasteiger charge is 2.16. The van der Waals surface area contributed by atoms with Gasteiger partial charge in [0.15, 0.2) is 0 Å². The third-order valence-corrected chi connectivity index (χ3v) is 7.21. The van der Waals surface area contributed by atoms with Gasteiger partial charge in [-0.2, -0.15) is 0 Å². The molecule has 0 aliphatic rings. The van der Waals surface area contributed by atoms with E-state index in [9.17, 15) is 16.8 Å². The lowest BCUT2D eigenvalue weighted by Gasteiger charge is -2.08. The number of pyridine rings is 1. The zero-order valence-electron chi connectivity index (χ0n) is 19.5. The van der Waals surface area contributed by atoms with Crippen molar-refractivity contribution in [2.24, 2.45) is 0 Å². The summed E-state index contributed by atoms with van der Waals surface area (Å²) in [4.78, 5) is 12.2. The quantitative estimate of drug-likeness (QED) is 0.274. The number of hydrogen-bond acceptors (Lipinski definition) is 9. The largest absolute Gasteiger partial charge is 0.399 e. The molecule has 0 atom stereocenters. The van der Waals surface area contributed by atoms with E-state index in [4.69, 9.17) is 11.5 Å². The summed E-state index contributed by atoms with van der Waals surface area (Å²) in [5.41, 5.74) is 13.4. The number of benzene rings is 2. The fourth-order valence-corrected chi connectivity index (χ4v) is 4.82. The van der Waals surface area contributed by atoms with Crippen molar-refractivity contribution in [3.8, 4) is 0 Å². The van der Waals surface area contributed by atoms with Crippen molar-refractivity contribution in [3.05, 3.63) is 90.4 Å². The maximum Gasteiger partial charge on any atom is 0.264 e. The normalized spacial score (nSPS) is 11.2. The van der Waals surface area contributed by atoms with Crippen LogP contribution in [-0.4, -0.2) is 31.8 Å². The molecule has 2 aromatic heterocycles. The van der Waals surface area contributed by atoms with Gasteiger partial charge in [0.1, 0.15) is 5.82 Å². The molecule has 0 aliphatic carbocycles. The Labute approximate surface area is 209 Å². The molecular weight excluding hydrogens is 502 g/mol. The summed E-state index contributed by atoms with van der Waals surface area (Å²) in [6.07, 6.45) is 1.51. The van der Waals surface area contributed by atoms with Gasteiger partial charge in [-0.1, -0.05) is 6.07 Å². The number of anilines is 4. The highest BCUT2D eigenvalue weighted by Crippen LogP contribution is 2.16. The lowest BCUT2D eigenvalue weighted by molar-refractivity contribution is 0.599. The Morgan fingerprint density at radius 2 is 1.14 bits per heavy atom. The van der Waals surface area contributed by atoms with Crippen LogP contribution in [0.4, 0.5) is 23.1 Å². The van der Waals surface area contributed by atoms with E-state index in [1.54, 1.807) is 38.1 Å². The second kappa shape index (κ2) is 11.0. The first kappa shape index (κ1) is 26.4. The molecule has 4 rings (SSSR count). The Bertz CT molecular complexity index is 1510. The predicted octanol–water partition coefficient (Wildman–Crippen LogP) is 2.94. The van der Waals surface area contributed by atoms with E-state index in [1.807, 2.05) is 0 Å². The minimum atomic E-state index is -3.69. The standard InChI is InChI=1S/C12H14N4O2S.C11H11N3O2S/c1-8-7-9(2)15-12(14-8)16-19(17,18)11-5-3-10(13)4-6-11;12-9-4-6-10(7-5-9)17(15,16)14-11-3-1-2-8-13-11/h3-7H,13H2,1-2H3,(H,14,15,16);1-8H,12H2,(H,13,14). The van der Waals surface area contributed by atoms with Gasteiger partial charge in [0, 0.05) is 29.0 Å². The van der Waals surface area contributed by atoms with Gasteiger partial charge >= 0.3 is 0 Å². The van der Waals surface area contributed by atoms with Gasteiger partial charge < -0.3 is 11.5 Å². The average molecular weight is 528 g/mol. The van der Waals surface area contributed by atoms with Gasteiger partial charge in [-0.05, 0) is 80.6 Å². The number of aryl methyl sites for hydroxylation is 2. The number of aromatic nitrogens is 3. The van der Waals surface area contributed by atoms with Crippen molar-refractivity contribution in [3.63, 3.8) is 0 Å². The first-order valence-electron chi connectivity index (χ1n) is 10.4. The molecule has 2 heterocycles. The first-order valence-corrected chi connectivity index (χ1v) is 13.4. The molecule has 4 aromatic rings. The first-order chi connectivity index (χ1) is 16.9. The van der Waals surface area contributed by atoms with Gasteiger partial charge in [0.05, 0.1) is 9.79 Å². The Hall–Kier alpha value is -4.23. The zero-order chi connectivity index (χ0) is 26.3. The Kier molecular flexibility index (Phi) is 8.07. The number of nitrogen functional groups attached to an aromatic ring is 2. The summed E-state index contributed by atoms with van der Waals surface area (Å²) in [7, 11) is -7.29. The van der Waals surface area contributed by atoms with Crippen molar-refractivity contribution in [1.29, 1.82) is 0 Å². The Morgan fingerprint density at radius 3 is 1.58 bits per heavy atom. The van der Waals surface area contributed by atoms with Crippen molar-refractivity contribution < 1.29 is 16.8 Å². The zero-order valence-corrected chi connectivity index (χ0v) is 21.1. The van der Waals surface area contributed by atoms with Crippen LogP contribution in [0.3, 0.4) is 0 Å². The molecule has 188 valence electrons. The molecule has 0 saturated heterocycles. The molecule has 0 spiro atoms. The molecule has 0 saturated carbocycles. The monoisotopic (exact) mass is 527 g/mol. The van der Waals surface area contributed by atoms with Crippen LogP contribution in [0.25, 0.3) is 0 Å². The fraction of sp³-hybridized carbons (Fsp3) is 0.0870. The summed E-state index contributed by atoms with van der Waals surface area (Å²) in [5, 5.41) is 0. The number of sulfonamides is 2. The van der Waals surface area contributed by atoms with E-state index < -0.39 is 20.0 Å². The number of nitrogens with zero attached hydrogens (tertiary/aromatic N) is 3. The second-order valence-electron chi connectivity index (χ2n) is 7.54. The molecule has 11 nitrogen and oxygen atoms in total. The third-order valence-electron chi connectivity index (χ3n) is 4.49. The molecule has 13 heteroatoms. The van der Waals surface area contributed by atoms with E-state index in [1.165, 1.54) is 54.7 Å². The van der Waals surface area contributed by atoms with Crippen LogP contribution in [0.2, 0.25) is 0 Å². The highest BCUT2D eigenvalue weighted by molar-refractivity contribution is 7.93. The molecule has 2 aromatic carbocycles. The predicted molar refractivity (Wildman–Crippen MR) is 139 cm³/mol. The van der Waals surface area contributed by atoms with E-state index in [0.29, 0.717) is 22.8 Å². The third kappa shape index (κ3) is 7.38. The summed E-state index contributed by atoms with van der Waals surface area (Å²) >= 11 is 0. The summed E-state index contributed by atoms with van der Waals surface area (Å²) in [5.74, 6) is 0.346. The number of nitrogens with one attached hydrogen (secondary N) is 2. The van der Waals surface area contributed by atoms with Crippen LogP contribution < -0.4 is 20.9 Å². The fourth-order valence-electron chi connectivity index (χ4n) is 2.86. The van der Waals surface area contributed by atoms with Crippen molar-refractivity contribution >= 4 is 43.2 Å². The molecule has 36 heavy (non-hydrogen) atoms. The number of rotatable bonds is 6. The molecule has 0 bridgehead atoms. The number of nitrogens with two attached hydrogens (primary N) is 2. The molecule has 6 N–H and O–H groups in total. The minimum Gasteiger partial charge on any atom is -0.399 e. The molecular formula is C23H25N7O4S2. The molecule has 0 amide bonds. The lowest BCUT2D eigenvalue weighted by atomic mass is 10.3. The molecule has 0 fully saturated rings. The van der Waals surface area contributed by atoms with E-state index in [2.05, 4.69) is 24.4 Å². The van der Waals surface area contributed by atoms with Crippen molar-refractivity contribution in [2.75, 3.05) is 20.9 Å². The van der Waals surface area contributed by atoms with Crippen LogP contribution >= 0.6 is 0 Å². The maximum atomic E-state index is 12.1. The summed E-state index contributed by atoms with van der Waals surface area (Å²) in [6.45, 7) is 3.55. The van der Waals surface area contributed by atoms with Crippen LogP contribution in [-0.2, 0) is 20.0 Å². The number of hydrogen-bond donors (Lipinski definition) is 4. The van der Waals surface area contributed by atoms with Crippen molar-refractivity contribution in [2.45, 2.75) is 23.6 Å². The van der Waals surface area contributed by atoms with Crippen LogP contribution in [0, 0.1) is 13.8 Å². The van der Waals surface area contributed by atoms with Gasteiger partial charge in [-0.15, -0.1) is 0 Å². The molecule has 0 radical (unpaired) electrons.